The Morgan fingerprint density at radius 3 is 2.45 bits per heavy atom. The number of aryl methyl sites for hydroxylation is 1. The molecule has 0 radical (unpaired) electrons. The van der Waals surface area contributed by atoms with Gasteiger partial charge in [0.2, 0.25) is 5.24 Å². The van der Waals surface area contributed by atoms with E-state index in [0.717, 1.165) is 16.9 Å². The minimum atomic E-state index is -0.335. The third-order valence-electron chi connectivity index (χ3n) is 3.34. The van der Waals surface area contributed by atoms with Crippen molar-refractivity contribution in [1.82, 2.24) is 0 Å². The van der Waals surface area contributed by atoms with Gasteiger partial charge in [0.05, 0.1) is 7.11 Å². The molecule has 0 aliphatic rings. The number of hydrogen-bond acceptors (Lipinski definition) is 2. The Kier molecular flexibility index (Phi) is 4.80. The third kappa shape index (κ3) is 3.61. The molecular weight excluding hydrogens is 272 g/mol. The van der Waals surface area contributed by atoms with Gasteiger partial charge in [-0.15, -0.1) is 0 Å². The molecule has 0 amide bonds. The van der Waals surface area contributed by atoms with Crippen molar-refractivity contribution < 1.29 is 9.53 Å². The topological polar surface area (TPSA) is 26.3 Å². The summed E-state index contributed by atoms with van der Waals surface area (Å²) in [5, 5.41) is -0.335. The van der Waals surface area contributed by atoms with Gasteiger partial charge in [-0.2, -0.15) is 0 Å². The van der Waals surface area contributed by atoms with Crippen LogP contribution in [0.3, 0.4) is 0 Å². The largest absolute Gasteiger partial charge is 0.497 e. The summed E-state index contributed by atoms with van der Waals surface area (Å²) in [6, 6.07) is 15.9. The zero-order chi connectivity index (χ0) is 14.5. The molecule has 0 fully saturated rings. The Bertz CT molecular complexity index is 590. The van der Waals surface area contributed by atoms with Gasteiger partial charge in [-0.05, 0) is 41.8 Å². The summed E-state index contributed by atoms with van der Waals surface area (Å²) in [4.78, 5) is 11.4. The van der Waals surface area contributed by atoms with E-state index in [9.17, 15) is 4.79 Å². The number of hydrogen-bond donors (Lipinski definition) is 0. The van der Waals surface area contributed by atoms with Gasteiger partial charge in [0, 0.05) is 12.3 Å². The van der Waals surface area contributed by atoms with Gasteiger partial charge < -0.3 is 4.74 Å². The summed E-state index contributed by atoms with van der Waals surface area (Å²) in [5.74, 6) is 0.734. The molecule has 1 atom stereocenters. The van der Waals surface area contributed by atoms with Gasteiger partial charge in [0.15, 0.2) is 0 Å². The highest BCUT2D eigenvalue weighted by Gasteiger charge is 2.17. The summed E-state index contributed by atoms with van der Waals surface area (Å²) < 4.78 is 5.25. The fourth-order valence-electron chi connectivity index (χ4n) is 2.25. The van der Waals surface area contributed by atoms with Crippen molar-refractivity contribution in [2.24, 2.45) is 0 Å². The average molecular weight is 289 g/mol. The first kappa shape index (κ1) is 14.6. The molecule has 104 valence electrons. The number of halogens is 1. The summed E-state index contributed by atoms with van der Waals surface area (Å²) in [6.07, 6.45) is 0.276. The second kappa shape index (κ2) is 6.58. The minimum absolute atomic E-state index is 0.0456. The van der Waals surface area contributed by atoms with Crippen molar-refractivity contribution in [2.45, 2.75) is 19.3 Å². The molecule has 2 nitrogen and oxygen atoms in total. The fourth-order valence-corrected chi connectivity index (χ4v) is 2.40. The number of benzene rings is 2. The Morgan fingerprint density at radius 1 is 1.15 bits per heavy atom. The van der Waals surface area contributed by atoms with Gasteiger partial charge in [0.25, 0.3) is 0 Å². The van der Waals surface area contributed by atoms with E-state index >= 15 is 0 Å². The van der Waals surface area contributed by atoms with E-state index in [1.165, 1.54) is 5.56 Å². The third-order valence-corrected chi connectivity index (χ3v) is 3.49. The van der Waals surface area contributed by atoms with Gasteiger partial charge in [-0.25, -0.2) is 0 Å². The first-order chi connectivity index (χ1) is 9.60. The zero-order valence-corrected chi connectivity index (χ0v) is 12.4. The molecule has 2 aromatic rings. The minimum Gasteiger partial charge on any atom is -0.497 e. The number of ether oxygens (including phenoxy) is 1. The predicted molar refractivity (Wildman–Crippen MR) is 81.5 cm³/mol. The van der Waals surface area contributed by atoms with Crippen LogP contribution in [0, 0.1) is 6.92 Å². The molecule has 2 rings (SSSR count). The highest BCUT2D eigenvalue weighted by atomic mass is 35.5. The highest BCUT2D eigenvalue weighted by Crippen LogP contribution is 2.31. The molecule has 20 heavy (non-hydrogen) atoms. The molecule has 1 unspecified atom stereocenters. The molecule has 0 heterocycles. The SMILES string of the molecule is COc1cccc(C(CC(=O)Cl)c2ccc(C)cc2)c1. The van der Waals surface area contributed by atoms with Crippen LogP contribution >= 0.6 is 11.6 Å². The second-order valence-corrected chi connectivity index (χ2v) is 5.22. The molecule has 0 spiro atoms. The van der Waals surface area contributed by atoms with Gasteiger partial charge in [0.1, 0.15) is 5.75 Å². The average Bonchev–Trinajstić information content (AvgIpc) is 2.46. The fraction of sp³-hybridized carbons (Fsp3) is 0.235. The summed E-state index contributed by atoms with van der Waals surface area (Å²) in [6.45, 7) is 2.04. The van der Waals surface area contributed by atoms with Crippen molar-refractivity contribution in [1.29, 1.82) is 0 Å². The maximum absolute atomic E-state index is 11.4. The lowest BCUT2D eigenvalue weighted by molar-refractivity contribution is -0.111. The summed E-state index contributed by atoms with van der Waals surface area (Å²) >= 11 is 5.61. The Morgan fingerprint density at radius 2 is 1.85 bits per heavy atom. The van der Waals surface area contributed by atoms with Crippen molar-refractivity contribution in [3.8, 4) is 5.75 Å². The maximum atomic E-state index is 11.4. The first-order valence-corrected chi connectivity index (χ1v) is 6.87. The summed E-state index contributed by atoms with van der Waals surface area (Å²) in [7, 11) is 1.63. The van der Waals surface area contributed by atoms with Gasteiger partial charge in [-0.3, -0.25) is 4.79 Å². The predicted octanol–water partition coefficient (Wildman–Crippen LogP) is 4.29. The molecule has 0 aliphatic heterocycles. The quantitative estimate of drug-likeness (QED) is 0.767. The highest BCUT2D eigenvalue weighted by molar-refractivity contribution is 6.63. The monoisotopic (exact) mass is 288 g/mol. The summed E-state index contributed by atoms with van der Waals surface area (Å²) in [5.41, 5.74) is 3.30. The van der Waals surface area contributed by atoms with Crippen LogP contribution in [-0.2, 0) is 4.79 Å². The van der Waals surface area contributed by atoms with E-state index in [2.05, 4.69) is 0 Å². The molecule has 0 saturated heterocycles. The second-order valence-electron chi connectivity index (χ2n) is 4.80. The number of methoxy groups -OCH3 is 1. The Labute approximate surface area is 124 Å². The van der Waals surface area contributed by atoms with Crippen LogP contribution in [-0.4, -0.2) is 12.4 Å². The van der Waals surface area contributed by atoms with Crippen LogP contribution in [0.15, 0.2) is 48.5 Å². The molecule has 0 aromatic heterocycles. The van der Waals surface area contributed by atoms with Crippen molar-refractivity contribution in [3.05, 3.63) is 65.2 Å². The lowest BCUT2D eigenvalue weighted by Crippen LogP contribution is -2.05. The van der Waals surface area contributed by atoms with E-state index in [4.69, 9.17) is 16.3 Å². The molecular formula is C17H17ClO2. The zero-order valence-electron chi connectivity index (χ0n) is 11.6. The van der Waals surface area contributed by atoms with E-state index in [1.54, 1.807) is 7.11 Å². The Hall–Kier alpha value is -1.80. The van der Waals surface area contributed by atoms with Crippen molar-refractivity contribution in [3.63, 3.8) is 0 Å². The van der Waals surface area contributed by atoms with E-state index in [1.807, 2.05) is 55.5 Å². The molecule has 2 aromatic carbocycles. The molecule has 3 heteroatoms. The molecule has 0 saturated carbocycles. The number of carbonyl (C=O) groups is 1. The van der Waals surface area contributed by atoms with Crippen molar-refractivity contribution in [2.75, 3.05) is 7.11 Å². The van der Waals surface area contributed by atoms with Crippen LogP contribution in [0.5, 0.6) is 5.75 Å². The molecule has 0 aliphatic carbocycles. The van der Waals surface area contributed by atoms with E-state index < -0.39 is 0 Å². The van der Waals surface area contributed by atoms with E-state index in [-0.39, 0.29) is 17.6 Å². The molecule has 0 bridgehead atoms. The maximum Gasteiger partial charge on any atom is 0.222 e. The van der Waals surface area contributed by atoms with Crippen LogP contribution in [0.4, 0.5) is 0 Å². The van der Waals surface area contributed by atoms with Crippen LogP contribution in [0.1, 0.15) is 29.0 Å². The normalized spacial score (nSPS) is 11.9. The smallest absolute Gasteiger partial charge is 0.222 e. The standard InChI is InChI=1S/C17H17ClO2/c1-12-6-8-13(9-7-12)16(11-17(18)19)14-4-3-5-15(10-14)20-2/h3-10,16H,11H2,1-2H3. The molecule has 0 N–H and O–H groups in total. The Balaban J connectivity index is 2.40. The van der Waals surface area contributed by atoms with Crippen LogP contribution < -0.4 is 4.74 Å². The first-order valence-electron chi connectivity index (χ1n) is 6.49. The number of carbonyl (C=O) groups excluding carboxylic acids is 1. The van der Waals surface area contributed by atoms with E-state index in [0.29, 0.717) is 0 Å². The van der Waals surface area contributed by atoms with Crippen LogP contribution in [0.2, 0.25) is 0 Å². The lowest BCUT2D eigenvalue weighted by Gasteiger charge is -2.17. The van der Waals surface area contributed by atoms with Gasteiger partial charge in [-0.1, -0.05) is 42.0 Å². The lowest BCUT2D eigenvalue weighted by atomic mass is 9.88. The van der Waals surface area contributed by atoms with Gasteiger partial charge >= 0.3 is 0 Å². The number of rotatable bonds is 5. The van der Waals surface area contributed by atoms with Crippen molar-refractivity contribution >= 4 is 16.8 Å². The van der Waals surface area contributed by atoms with Crippen LogP contribution in [0.25, 0.3) is 0 Å².